The summed E-state index contributed by atoms with van der Waals surface area (Å²) >= 11 is 6.56. The van der Waals surface area contributed by atoms with Gasteiger partial charge in [0.2, 0.25) is 0 Å². The van der Waals surface area contributed by atoms with Gasteiger partial charge in [0.25, 0.3) is 5.69 Å². The molecule has 1 aliphatic heterocycles. The van der Waals surface area contributed by atoms with Crippen LogP contribution in [0.25, 0.3) is 11.1 Å². The van der Waals surface area contributed by atoms with Crippen LogP contribution in [0.2, 0.25) is 5.02 Å². The third kappa shape index (κ3) is 3.32. The highest BCUT2D eigenvalue weighted by molar-refractivity contribution is 6.33. The Labute approximate surface area is 191 Å². The number of aryl methyl sites for hydroxylation is 1. The van der Waals surface area contributed by atoms with Gasteiger partial charge in [0.1, 0.15) is 5.92 Å². The molecule has 0 aromatic heterocycles. The van der Waals surface area contributed by atoms with Gasteiger partial charge in [-0.1, -0.05) is 43.0 Å². The molecule has 2 aromatic carbocycles. The number of benzene rings is 2. The average Bonchev–Trinajstić information content (AvgIpc) is 3.32. The molecule has 5 rings (SSSR count). The SMILES string of the molecule is Cc1cc(-c2cccc([N+](=O)[O-])c2)c(Cl)cc1C1C(=O)OC2(CCC3CCCC3C2)C1=O. The summed E-state index contributed by atoms with van der Waals surface area (Å²) in [5.74, 6) is -0.495. The van der Waals surface area contributed by atoms with Crippen LogP contribution in [-0.4, -0.2) is 22.3 Å². The van der Waals surface area contributed by atoms with Crippen molar-refractivity contribution >= 4 is 29.0 Å². The second kappa shape index (κ2) is 7.69. The molecule has 4 atom stereocenters. The number of ether oxygens (including phenoxy) is 1. The molecule has 0 radical (unpaired) electrons. The normalized spacial score (nSPS) is 29.2. The topological polar surface area (TPSA) is 86.5 Å². The van der Waals surface area contributed by atoms with E-state index in [1.165, 1.54) is 25.0 Å². The number of ketones is 1. The number of nitrogens with zero attached hydrogens (tertiary/aromatic N) is 1. The lowest BCUT2D eigenvalue weighted by Gasteiger charge is -2.37. The van der Waals surface area contributed by atoms with Gasteiger partial charge in [-0.25, -0.2) is 0 Å². The Kier molecular flexibility index (Phi) is 5.08. The van der Waals surface area contributed by atoms with E-state index in [4.69, 9.17) is 16.3 Å². The fourth-order valence-corrected chi connectivity index (χ4v) is 6.26. The lowest BCUT2D eigenvalue weighted by molar-refractivity contribution is -0.384. The van der Waals surface area contributed by atoms with Gasteiger partial charge in [-0.05, 0) is 66.8 Å². The van der Waals surface area contributed by atoms with Gasteiger partial charge in [-0.3, -0.25) is 19.7 Å². The molecule has 7 heteroatoms. The summed E-state index contributed by atoms with van der Waals surface area (Å²) in [7, 11) is 0. The Bertz CT molecular complexity index is 1150. The maximum Gasteiger partial charge on any atom is 0.322 e. The first-order valence-corrected chi connectivity index (χ1v) is 11.5. The maximum absolute atomic E-state index is 13.6. The minimum atomic E-state index is -0.995. The number of carbonyl (C=O) groups excluding carboxylic acids is 2. The summed E-state index contributed by atoms with van der Waals surface area (Å²) in [6.07, 6.45) is 5.67. The first-order chi connectivity index (χ1) is 15.3. The summed E-state index contributed by atoms with van der Waals surface area (Å²) in [4.78, 5) is 37.2. The maximum atomic E-state index is 13.6. The van der Waals surface area contributed by atoms with E-state index in [1.807, 2.05) is 6.92 Å². The molecule has 2 aliphatic carbocycles. The van der Waals surface area contributed by atoms with Crippen molar-refractivity contribution in [1.82, 2.24) is 0 Å². The molecule has 1 spiro atoms. The quantitative estimate of drug-likeness (QED) is 0.255. The van der Waals surface area contributed by atoms with Crippen LogP contribution in [0, 0.1) is 28.9 Å². The van der Waals surface area contributed by atoms with Crippen LogP contribution in [0.15, 0.2) is 36.4 Å². The molecule has 6 nitrogen and oxygen atoms in total. The zero-order valence-corrected chi connectivity index (χ0v) is 18.6. The van der Waals surface area contributed by atoms with Gasteiger partial charge in [-0.2, -0.15) is 0 Å². The third-order valence-electron chi connectivity index (χ3n) is 7.60. The standard InChI is InChI=1S/C25H24ClNO5/c1-14-10-20(16-5-3-7-18(11-16)27(30)31)21(26)12-19(14)22-23(28)25(32-24(22)29)9-8-15-4-2-6-17(15)13-25/h3,5,7,10-12,15,17,22H,2,4,6,8-9,13H2,1H3. The number of halogens is 1. The van der Waals surface area contributed by atoms with E-state index in [1.54, 1.807) is 24.3 Å². The highest BCUT2D eigenvalue weighted by atomic mass is 35.5. The summed E-state index contributed by atoms with van der Waals surface area (Å²) < 4.78 is 5.82. The molecule has 3 aliphatic rings. The van der Waals surface area contributed by atoms with Crippen molar-refractivity contribution < 1.29 is 19.2 Å². The Morgan fingerprint density at radius 3 is 2.69 bits per heavy atom. The van der Waals surface area contributed by atoms with Gasteiger partial charge in [0, 0.05) is 22.7 Å². The van der Waals surface area contributed by atoms with Crippen LogP contribution in [0.5, 0.6) is 0 Å². The molecule has 4 unspecified atom stereocenters. The number of rotatable bonds is 3. The van der Waals surface area contributed by atoms with E-state index in [0.29, 0.717) is 46.4 Å². The monoisotopic (exact) mass is 453 g/mol. The van der Waals surface area contributed by atoms with E-state index in [9.17, 15) is 19.7 Å². The highest BCUT2D eigenvalue weighted by Gasteiger charge is 2.59. The lowest BCUT2D eigenvalue weighted by atomic mass is 9.70. The van der Waals surface area contributed by atoms with Crippen LogP contribution in [0.4, 0.5) is 5.69 Å². The van der Waals surface area contributed by atoms with Crippen molar-refractivity contribution in [3.05, 3.63) is 62.7 Å². The Balaban J connectivity index is 1.48. The van der Waals surface area contributed by atoms with Crippen LogP contribution < -0.4 is 0 Å². The number of carbonyl (C=O) groups is 2. The number of fused-ring (bicyclic) bond motifs is 1. The number of nitro groups is 1. The number of hydrogen-bond acceptors (Lipinski definition) is 5. The third-order valence-corrected chi connectivity index (χ3v) is 7.92. The summed E-state index contributed by atoms with van der Waals surface area (Å²) in [6, 6.07) is 9.67. The van der Waals surface area contributed by atoms with Crippen LogP contribution in [0.1, 0.15) is 55.6 Å². The molecule has 0 amide bonds. The molecule has 32 heavy (non-hydrogen) atoms. The number of nitro benzene ring substituents is 1. The molecule has 3 fully saturated rings. The number of Topliss-reactive ketones (excluding diaryl/α,β-unsaturated/α-hetero) is 1. The fraction of sp³-hybridized carbons (Fsp3) is 0.440. The van der Waals surface area contributed by atoms with Crippen molar-refractivity contribution in [2.24, 2.45) is 11.8 Å². The first-order valence-electron chi connectivity index (χ1n) is 11.1. The molecule has 0 N–H and O–H groups in total. The van der Waals surface area contributed by atoms with Crippen molar-refractivity contribution in [2.45, 2.75) is 57.0 Å². The second-order valence-corrected chi connectivity index (χ2v) is 9.81. The first kappa shape index (κ1) is 21.1. The number of non-ortho nitro benzene ring substituents is 1. The summed E-state index contributed by atoms with van der Waals surface area (Å²) in [5, 5.41) is 11.5. The van der Waals surface area contributed by atoms with Gasteiger partial charge in [-0.15, -0.1) is 0 Å². The van der Waals surface area contributed by atoms with Crippen LogP contribution >= 0.6 is 11.6 Å². The Hall–Kier alpha value is -2.73. The lowest BCUT2D eigenvalue weighted by Crippen LogP contribution is -2.43. The molecule has 0 bridgehead atoms. The summed E-state index contributed by atoms with van der Waals surface area (Å²) in [6.45, 7) is 1.83. The van der Waals surface area contributed by atoms with E-state index < -0.39 is 22.4 Å². The van der Waals surface area contributed by atoms with Gasteiger partial charge >= 0.3 is 5.97 Å². The molecule has 166 valence electrons. The van der Waals surface area contributed by atoms with E-state index in [2.05, 4.69) is 0 Å². The highest BCUT2D eigenvalue weighted by Crippen LogP contribution is 2.52. The average molecular weight is 454 g/mol. The van der Waals surface area contributed by atoms with Crippen molar-refractivity contribution in [1.29, 1.82) is 0 Å². The van der Waals surface area contributed by atoms with Crippen LogP contribution in [0.3, 0.4) is 0 Å². The van der Waals surface area contributed by atoms with Crippen molar-refractivity contribution in [3.8, 4) is 11.1 Å². The second-order valence-electron chi connectivity index (χ2n) is 9.40. The molecule has 1 heterocycles. The zero-order valence-electron chi connectivity index (χ0n) is 17.8. The van der Waals surface area contributed by atoms with Gasteiger partial charge in [0.05, 0.1) is 4.92 Å². The largest absolute Gasteiger partial charge is 0.450 e. The minimum absolute atomic E-state index is 0.0284. The van der Waals surface area contributed by atoms with Crippen LogP contribution in [-0.2, 0) is 14.3 Å². The number of hydrogen-bond donors (Lipinski definition) is 0. The van der Waals surface area contributed by atoms with E-state index >= 15 is 0 Å². The number of esters is 1. The van der Waals surface area contributed by atoms with Crippen molar-refractivity contribution in [3.63, 3.8) is 0 Å². The zero-order chi connectivity index (χ0) is 22.6. The molecule has 2 saturated carbocycles. The van der Waals surface area contributed by atoms with E-state index in [0.717, 1.165) is 18.4 Å². The Morgan fingerprint density at radius 2 is 1.91 bits per heavy atom. The molecular formula is C25H24ClNO5. The van der Waals surface area contributed by atoms with Gasteiger partial charge < -0.3 is 4.74 Å². The molecule has 1 saturated heterocycles. The Morgan fingerprint density at radius 1 is 1.12 bits per heavy atom. The predicted octanol–water partition coefficient (Wildman–Crippen LogP) is 5.77. The van der Waals surface area contributed by atoms with E-state index in [-0.39, 0.29) is 11.5 Å². The van der Waals surface area contributed by atoms with Crippen molar-refractivity contribution in [2.75, 3.05) is 0 Å². The summed E-state index contributed by atoms with van der Waals surface area (Å²) in [5.41, 5.74) is 1.50. The molecule has 2 aromatic rings. The predicted molar refractivity (Wildman–Crippen MR) is 120 cm³/mol. The smallest absolute Gasteiger partial charge is 0.322 e. The van der Waals surface area contributed by atoms with Gasteiger partial charge in [0.15, 0.2) is 11.4 Å². The molecular weight excluding hydrogens is 430 g/mol. The fourth-order valence-electron chi connectivity index (χ4n) is 5.98. The minimum Gasteiger partial charge on any atom is -0.450 e.